The third-order valence-corrected chi connectivity index (χ3v) is 7.86. The first-order valence-electron chi connectivity index (χ1n) is 12.2. The summed E-state index contributed by atoms with van der Waals surface area (Å²) in [6.07, 6.45) is 1.64. The number of halogens is 1. The Bertz CT molecular complexity index is 1340. The fourth-order valence-electron chi connectivity index (χ4n) is 3.72. The third kappa shape index (κ3) is 6.23. The summed E-state index contributed by atoms with van der Waals surface area (Å²) in [5.74, 6) is 1.63. The van der Waals surface area contributed by atoms with Crippen molar-refractivity contribution in [1.29, 1.82) is 5.41 Å². The van der Waals surface area contributed by atoms with Crippen LogP contribution in [-0.2, 0) is 10.2 Å². The Morgan fingerprint density at radius 1 is 1.13 bits per heavy atom. The Labute approximate surface area is 241 Å². The zero-order valence-electron chi connectivity index (χ0n) is 22.3. The summed E-state index contributed by atoms with van der Waals surface area (Å²) < 4.78 is 18.2. The van der Waals surface area contributed by atoms with Crippen LogP contribution < -0.4 is 14.2 Å². The van der Waals surface area contributed by atoms with Crippen molar-refractivity contribution in [2.45, 2.75) is 40.0 Å². The van der Waals surface area contributed by atoms with E-state index in [2.05, 4.69) is 65.6 Å². The van der Waals surface area contributed by atoms with Crippen molar-refractivity contribution in [2.75, 3.05) is 20.3 Å². The predicted molar refractivity (Wildman–Crippen MR) is 162 cm³/mol. The van der Waals surface area contributed by atoms with E-state index in [9.17, 15) is 4.79 Å². The molecule has 0 aromatic heterocycles. The zero-order chi connectivity index (χ0) is 27.6. The number of fused-ring (bicyclic) bond motifs is 1. The maximum atomic E-state index is 12.7. The van der Waals surface area contributed by atoms with E-state index in [-0.39, 0.29) is 22.7 Å². The van der Waals surface area contributed by atoms with Gasteiger partial charge in [-0.2, -0.15) is 15.1 Å². The molecule has 0 radical (unpaired) electrons. The first kappa shape index (κ1) is 28.2. The normalized spacial score (nSPS) is 16.5. The van der Waals surface area contributed by atoms with Crippen LogP contribution in [0.1, 0.15) is 45.7 Å². The highest BCUT2D eigenvalue weighted by Gasteiger charge is 2.36. The van der Waals surface area contributed by atoms with E-state index in [1.807, 2.05) is 32.0 Å². The lowest BCUT2D eigenvalue weighted by molar-refractivity contribution is -0.114. The monoisotopic (exact) mass is 646 g/mol. The van der Waals surface area contributed by atoms with Crippen LogP contribution in [0.3, 0.4) is 0 Å². The van der Waals surface area contributed by atoms with Crippen LogP contribution >= 0.6 is 34.4 Å². The lowest BCUT2D eigenvalue weighted by Crippen LogP contribution is -2.35. The molecule has 2 heterocycles. The van der Waals surface area contributed by atoms with Crippen molar-refractivity contribution in [3.63, 3.8) is 0 Å². The summed E-state index contributed by atoms with van der Waals surface area (Å²) in [5.41, 5.74) is 2.21. The van der Waals surface area contributed by atoms with Gasteiger partial charge in [0.1, 0.15) is 24.0 Å². The van der Waals surface area contributed by atoms with Gasteiger partial charge in [0, 0.05) is 5.92 Å². The van der Waals surface area contributed by atoms with E-state index in [0.29, 0.717) is 35.4 Å². The highest BCUT2D eigenvalue weighted by molar-refractivity contribution is 14.1. The first-order valence-corrected chi connectivity index (χ1v) is 14.1. The van der Waals surface area contributed by atoms with E-state index in [1.54, 1.807) is 19.3 Å². The summed E-state index contributed by atoms with van der Waals surface area (Å²) in [6, 6.07) is 11.8. The second-order valence-corrected chi connectivity index (χ2v) is 12.3. The number of hydrazone groups is 1. The number of nitrogens with zero attached hydrogens (tertiary/aromatic N) is 3. The zero-order valence-corrected chi connectivity index (χ0v) is 25.3. The summed E-state index contributed by atoms with van der Waals surface area (Å²) >= 11 is 3.50. The number of carbonyl (C=O) groups is 1. The van der Waals surface area contributed by atoms with Crippen molar-refractivity contribution in [3.8, 4) is 17.2 Å². The number of hydrogen-bond donors (Lipinski definition) is 1. The van der Waals surface area contributed by atoms with Crippen molar-refractivity contribution < 1.29 is 19.0 Å². The number of amides is 1. The van der Waals surface area contributed by atoms with Gasteiger partial charge < -0.3 is 14.2 Å². The summed E-state index contributed by atoms with van der Waals surface area (Å²) in [4.78, 5) is 16.9. The molecule has 2 aliphatic rings. The van der Waals surface area contributed by atoms with Crippen LogP contribution in [0.5, 0.6) is 17.2 Å². The molecule has 2 aliphatic heterocycles. The van der Waals surface area contributed by atoms with Crippen LogP contribution in [0.25, 0.3) is 6.08 Å². The lowest BCUT2D eigenvalue weighted by Gasteiger charge is -2.20. The number of nitrogens with one attached hydrogen (secondary N) is 1. The van der Waals surface area contributed by atoms with Gasteiger partial charge in [-0.1, -0.05) is 46.8 Å². The minimum absolute atomic E-state index is 0.00475. The molecule has 4 rings (SSSR count). The Morgan fingerprint density at radius 2 is 1.82 bits per heavy atom. The third-order valence-electron chi connectivity index (χ3n) is 5.85. The van der Waals surface area contributed by atoms with Gasteiger partial charge in [0.15, 0.2) is 17.3 Å². The Kier molecular flexibility index (Phi) is 8.51. The molecule has 38 heavy (non-hydrogen) atoms. The highest BCUT2D eigenvalue weighted by atomic mass is 127. The quantitative estimate of drug-likeness (QED) is 0.205. The van der Waals surface area contributed by atoms with E-state index in [0.717, 1.165) is 14.4 Å². The molecule has 0 bridgehead atoms. The second kappa shape index (κ2) is 11.5. The van der Waals surface area contributed by atoms with Gasteiger partial charge in [0.05, 0.1) is 16.3 Å². The van der Waals surface area contributed by atoms with E-state index in [4.69, 9.17) is 19.6 Å². The number of methoxy groups -OCH3 is 1. The molecule has 200 valence electrons. The molecule has 0 unspecified atom stereocenters. The van der Waals surface area contributed by atoms with Crippen molar-refractivity contribution in [3.05, 3.63) is 56.7 Å². The van der Waals surface area contributed by atoms with Gasteiger partial charge in [0.25, 0.3) is 5.91 Å². The van der Waals surface area contributed by atoms with Gasteiger partial charge in [-0.3, -0.25) is 10.2 Å². The van der Waals surface area contributed by atoms with Crippen LogP contribution in [0.15, 0.2) is 52.1 Å². The molecule has 2 aromatic carbocycles. The standard InChI is InChI=1S/C28H31IN4O4S/c1-16(2)26-32-33-24(30)20(25(34)31-27(33)38-26)13-17-14-21(29)23(22(15-17)35-6)37-12-11-36-19-9-7-18(8-10-19)28(3,4)5/h7-10,13-16,30H,11-12H2,1-6H3/b20-13-,30-24?. The van der Waals surface area contributed by atoms with Crippen LogP contribution in [0.2, 0.25) is 0 Å². The van der Waals surface area contributed by atoms with Crippen molar-refractivity contribution in [2.24, 2.45) is 16.0 Å². The Balaban J connectivity index is 1.45. The fourth-order valence-corrected chi connectivity index (χ4v) is 5.40. The minimum atomic E-state index is -0.462. The van der Waals surface area contributed by atoms with Gasteiger partial charge in [-0.05, 0) is 81.2 Å². The van der Waals surface area contributed by atoms with Crippen molar-refractivity contribution >= 4 is 62.4 Å². The average molecular weight is 647 g/mol. The number of hydrogen-bond acceptors (Lipinski definition) is 7. The SMILES string of the molecule is COc1cc(/C=C2/C(=N)N3N=C(C(C)C)SC3=NC2=O)cc(I)c1OCCOc1ccc(C(C)(C)C)cc1. The fraction of sp³-hybridized carbons (Fsp3) is 0.357. The number of carbonyl (C=O) groups excluding carboxylic acids is 1. The molecule has 0 saturated heterocycles. The topological polar surface area (TPSA) is 96.6 Å². The number of benzene rings is 2. The smallest absolute Gasteiger partial charge is 0.283 e. The molecule has 2 aromatic rings. The molecular formula is C28H31IN4O4S. The van der Waals surface area contributed by atoms with Gasteiger partial charge in [0.2, 0.25) is 5.17 Å². The Hall–Kier alpha value is -2.86. The lowest BCUT2D eigenvalue weighted by atomic mass is 9.87. The van der Waals surface area contributed by atoms with E-state index in [1.165, 1.54) is 22.3 Å². The largest absolute Gasteiger partial charge is 0.493 e. The van der Waals surface area contributed by atoms with Gasteiger partial charge in [-0.15, -0.1) is 0 Å². The second-order valence-electron chi connectivity index (χ2n) is 10.1. The molecule has 8 nitrogen and oxygen atoms in total. The molecule has 0 fully saturated rings. The maximum Gasteiger partial charge on any atom is 0.283 e. The highest BCUT2D eigenvalue weighted by Crippen LogP contribution is 2.36. The Morgan fingerprint density at radius 3 is 2.45 bits per heavy atom. The molecule has 0 aliphatic carbocycles. The summed E-state index contributed by atoms with van der Waals surface area (Å²) in [5, 5.41) is 15.7. The van der Waals surface area contributed by atoms with Crippen LogP contribution in [-0.4, -0.2) is 47.3 Å². The molecule has 10 heteroatoms. The van der Waals surface area contributed by atoms with Gasteiger partial charge >= 0.3 is 0 Å². The number of ether oxygens (including phenoxy) is 3. The molecule has 1 amide bonds. The molecule has 0 spiro atoms. The summed E-state index contributed by atoms with van der Waals surface area (Å²) in [6.45, 7) is 11.3. The van der Waals surface area contributed by atoms with E-state index >= 15 is 0 Å². The number of amidine groups is 2. The average Bonchev–Trinajstić information content (AvgIpc) is 3.29. The number of aliphatic imine (C=N–C) groups is 1. The van der Waals surface area contributed by atoms with E-state index < -0.39 is 5.91 Å². The minimum Gasteiger partial charge on any atom is -0.493 e. The molecule has 0 atom stereocenters. The first-order chi connectivity index (χ1) is 18.0. The van der Waals surface area contributed by atoms with Crippen LogP contribution in [0, 0.1) is 14.9 Å². The van der Waals surface area contributed by atoms with Gasteiger partial charge in [-0.25, -0.2) is 0 Å². The van der Waals surface area contributed by atoms with Crippen molar-refractivity contribution in [1.82, 2.24) is 5.01 Å². The number of thioether (sulfide) groups is 1. The predicted octanol–water partition coefficient (Wildman–Crippen LogP) is 6.33. The summed E-state index contributed by atoms with van der Waals surface area (Å²) in [7, 11) is 1.57. The molecule has 1 N–H and O–H groups in total. The number of rotatable bonds is 8. The molecular weight excluding hydrogens is 615 g/mol. The van der Waals surface area contributed by atoms with Crippen LogP contribution in [0.4, 0.5) is 0 Å². The maximum absolute atomic E-state index is 12.7. The molecule has 0 saturated carbocycles.